The lowest BCUT2D eigenvalue weighted by Crippen LogP contribution is -2.29. The van der Waals surface area contributed by atoms with Gasteiger partial charge in [-0.3, -0.25) is 9.59 Å². The van der Waals surface area contributed by atoms with E-state index >= 15 is 0 Å². The van der Waals surface area contributed by atoms with Crippen LogP contribution in [-0.4, -0.2) is 33.0 Å². The Morgan fingerprint density at radius 2 is 1.56 bits per heavy atom. The van der Waals surface area contributed by atoms with Crippen LogP contribution in [0.3, 0.4) is 0 Å². The zero-order chi connectivity index (χ0) is 25.2. The average molecular weight is 498 g/mol. The van der Waals surface area contributed by atoms with Crippen LogP contribution in [0.15, 0.2) is 83.7 Å². The standard InChI is InChI=1S/C27H19N3O5S/c31-24-12-23-20(11-21(24)27(34)35)22(13-28-23)16-2-1-3-19(10-16)30-26(33)25(32)29-18-6-4-15(5-7-18)17-8-9-36-14-17/h1-14,28,31H,(H,29,32)(H,30,33)(H,34,35). The van der Waals surface area contributed by atoms with Crippen molar-refractivity contribution in [2.24, 2.45) is 0 Å². The molecule has 178 valence electrons. The molecule has 5 aromatic rings. The summed E-state index contributed by atoms with van der Waals surface area (Å²) in [4.78, 5) is 39.4. The van der Waals surface area contributed by atoms with Crippen LogP contribution in [0.25, 0.3) is 33.2 Å². The number of rotatable bonds is 5. The Morgan fingerprint density at radius 3 is 2.25 bits per heavy atom. The minimum atomic E-state index is -1.24. The van der Waals surface area contributed by atoms with Gasteiger partial charge in [-0.25, -0.2) is 4.79 Å². The van der Waals surface area contributed by atoms with Gasteiger partial charge in [-0.2, -0.15) is 11.3 Å². The molecule has 0 radical (unpaired) electrons. The zero-order valence-corrected chi connectivity index (χ0v) is 19.4. The number of aromatic hydroxyl groups is 1. The van der Waals surface area contributed by atoms with Crippen LogP contribution in [0.5, 0.6) is 5.75 Å². The van der Waals surface area contributed by atoms with E-state index in [2.05, 4.69) is 15.6 Å². The van der Waals surface area contributed by atoms with E-state index < -0.39 is 17.8 Å². The largest absolute Gasteiger partial charge is 0.507 e. The molecule has 0 aliphatic heterocycles. The molecule has 0 fully saturated rings. The quantitative estimate of drug-likeness (QED) is 0.203. The van der Waals surface area contributed by atoms with Crippen molar-refractivity contribution in [3.63, 3.8) is 0 Å². The van der Waals surface area contributed by atoms with E-state index in [0.29, 0.717) is 33.4 Å². The second-order valence-corrected chi connectivity index (χ2v) is 8.78. The number of H-pyrrole nitrogens is 1. The summed E-state index contributed by atoms with van der Waals surface area (Å²) in [5.41, 5.74) is 4.70. The molecule has 5 rings (SSSR count). The fraction of sp³-hybridized carbons (Fsp3) is 0. The lowest BCUT2D eigenvalue weighted by Gasteiger charge is -2.09. The summed E-state index contributed by atoms with van der Waals surface area (Å²) in [6, 6.07) is 18.8. The molecule has 0 unspecified atom stereocenters. The van der Waals surface area contributed by atoms with Gasteiger partial charge in [0, 0.05) is 40.1 Å². The first-order valence-electron chi connectivity index (χ1n) is 10.8. The molecular formula is C27H19N3O5S. The van der Waals surface area contributed by atoms with Crippen LogP contribution in [0.2, 0.25) is 0 Å². The summed E-state index contributed by atoms with van der Waals surface area (Å²) in [6.07, 6.45) is 1.68. The summed E-state index contributed by atoms with van der Waals surface area (Å²) < 4.78 is 0. The van der Waals surface area contributed by atoms with Crippen molar-refractivity contribution in [2.75, 3.05) is 10.6 Å². The third-order valence-corrected chi connectivity index (χ3v) is 6.35. The van der Waals surface area contributed by atoms with Crippen molar-refractivity contribution in [1.29, 1.82) is 0 Å². The lowest BCUT2D eigenvalue weighted by atomic mass is 10.0. The number of anilines is 2. The van der Waals surface area contributed by atoms with Gasteiger partial charge in [0.15, 0.2) is 0 Å². The van der Waals surface area contributed by atoms with Gasteiger partial charge in [0.05, 0.1) is 0 Å². The maximum atomic E-state index is 12.5. The number of carbonyl (C=O) groups excluding carboxylic acids is 2. The van der Waals surface area contributed by atoms with Gasteiger partial charge in [-0.05, 0) is 63.8 Å². The molecule has 5 N–H and O–H groups in total. The first kappa shape index (κ1) is 22.9. The van der Waals surface area contributed by atoms with Crippen LogP contribution < -0.4 is 10.6 Å². The fourth-order valence-corrected chi connectivity index (χ4v) is 4.55. The molecule has 0 bridgehead atoms. The molecule has 2 amide bonds. The summed E-state index contributed by atoms with van der Waals surface area (Å²) in [5.74, 6) is -3.21. The van der Waals surface area contributed by atoms with Gasteiger partial charge in [-0.15, -0.1) is 0 Å². The Bertz CT molecular complexity index is 1600. The van der Waals surface area contributed by atoms with E-state index in [4.69, 9.17) is 0 Å². The molecular weight excluding hydrogens is 478 g/mol. The van der Waals surface area contributed by atoms with Crippen LogP contribution in [-0.2, 0) is 9.59 Å². The summed E-state index contributed by atoms with van der Waals surface area (Å²) in [6.45, 7) is 0. The summed E-state index contributed by atoms with van der Waals surface area (Å²) in [5, 5.41) is 29.0. The highest BCUT2D eigenvalue weighted by Gasteiger charge is 2.17. The Morgan fingerprint density at radius 1 is 0.806 bits per heavy atom. The van der Waals surface area contributed by atoms with E-state index in [1.165, 1.54) is 12.1 Å². The topological polar surface area (TPSA) is 132 Å². The monoisotopic (exact) mass is 497 g/mol. The number of amides is 2. The van der Waals surface area contributed by atoms with Gasteiger partial charge < -0.3 is 25.8 Å². The number of phenols is 1. The van der Waals surface area contributed by atoms with E-state index in [1.54, 1.807) is 53.9 Å². The van der Waals surface area contributed by atoms with Crippen molar-refractivity contribution >= 4 is 51.4 Å². The fourth-order valence-electron chi connectivity index (χ4n) is 3.88. The lowest BCUT2D eigenvalue weighted by molar-refractivity contribution is -0.132. The van der Waals surface area contributed by atoms with E-state index in [-0.39, 0.29) is 11.3 Å². The SMILES string of the molecule is O=C(Nc1ccc(-c2ccsc2)cc1)C(=O)Nc1cccc(-c2c[nH]c3cc(O)c(C(=O)O)cc23)c1. The molecule has 0 saturated heterocycles. The van der Waals surface area contributed by atoms with Gasteiger partial charge >= 0.3 is 17.8 Å². The number of thiophene rings is 1. The number of hydrogen-bond donors (Lipinski definition) is 5. The number of carboxylic acids is 1. The van der Waals surface area contributed by atoms with E-state index in [0.717, 1.165) is 11.1 Å². The van der Waals surface area contributed by atoms with Crippen LogP contribution >= 0.6 is 11.3 Å². The number of benzene rings is 3. The number of carbonyl (C=O) groups is 3. The average Bonchev–Trinajstić information content (AvgIpc) is 3.54. The summed E-state index contributed by atoms with van der Waals surface area (Å²) in [7, 11) is 0. The Kier molecular flexibility index (Phi) is 5.97. The third-order valence-electron chi connectivity index (χ3n) is 5.66. The van der Waals surface area contributed by atoms with Crippen molar-refractivity contribution < 1.29 is 24.6 Å². The number of carboxylic acid groups (broad SMARTS) is 1. The molecule has 8 nitrogen and oxygen atoms in total. The number of aromatic nitrogens is 1. The Labute approximate surface area is 208 Å². The van der Waals surface area contributed by atoms with Gasteiger partial charge in [0.1, 0.15) is 11.3 Å². The molecule has 36 heavy (non-hydrogen) atoms. The number of aromatic carboxylic acids is 1. The molecule has 0 aliphatic carbocycles. The second-order valence-electron chi connectivity index (χ2n) is 8.00. The van der Waals surface area contributed by atoms with Gasteiger partial charge in [-0.1, -0.05) is 24.3 Å². The third kappa shape index (κ3) is 4.55. The van der Waals surface area contributed by atoms with E-state index in [1.807, 2.05) is 29.0 Å². The number of aromatic amines is 1. The first-order valence-corrected chi connectivity index (χ1v) is 11.8. The van der Waals surface area contributed by atoms with Crippen LogP contribution in [0, 0.1) is 0 Å². The highest BCUT2D eigenvalue weighted by molar-refractivity contribution is 7.08. The zero-order valence-electron chi connectivity index (χ0n) is 18.6. The normalized spacial score (nSPS) is 10.8. The van der Waals surface area contributed by atoms with Gasteiger partial charge in [0.25, 0.3) is 0 Å². The molecule has 0 aliphatic rings. The molecule has 3 aromatic carbocycles. The van der Waals surface area contributed by atoms with Crippen LogP contribution in [0.1, 0.15) is 10.4 Å². The molecule has 0 spiro atoms. The predicted molar refractivity (Wildman–Crippen MR) is 139 cm³/mol. The first-order chi connectivity index (χ1) is 17.4. The van der Waals surface area contributed by atoms with E-state index in [9.17, 15) is 24.6 Å². The van der Waals surface area contributed by atoms with Crippen LogP contribution in [0.4, 0.5) is 11.4 Å². The van der Waals surface area contributed by atoms with Crippen molar-refractivity contribution in [3.05, 3.63) is 89.3 Å². The minimum absolute atomic E-state index is 0.215. The Hall–Kier alpha value is -4.89. The molecule has 2 heterocycles. The van der Waals surface area contributed by atoms with Crippen molar-refractivity contribution in [1.82, 2.24) is 4.98 Å². The highest BCUT2D eigenvalue weighted by Crippen LogP contribution is 2.34. The second kappa shape index (κ2) is 9.40. The molecule has 0 saturated carbocycles. The van der Waals surface area contributed by atoms with Crippen molar-refractivity contribution in [3.8, 4) is 28.0 Å². The van der Waals surface area contributed by atoms with Crippen molar-refractivity contribution in [2.45, 2.75) is 0 Å². The van der Waals surface area contributed by atoms with Gasteiger partial charge in [0.2, 0.25) is 0 Å². The summed E-state index contributed by atoms with van der Waals surface area (Å²) >= 11 is 1.60. The Balaban J connectivity index is 1.31. The molecule has 2 aromatic heterocycles. The minimum Gasteiger partial charge on any atom is -0.507 e. The smallest absolute Gasteiger partial charge is 0.339 e. The number of hydrogen-bond acceptors (Lipinski definition) is 5. The maximum Gasteiger partial charge on any atom is 0.339 e. The maximum absolute atomic E-state index is 12.5. The molecule has 9 heteroatoms. The highest BCUT2D eigenvalue weighted by atomic mass is 32.1. The molecule has 0 atom stereocenters. The number of nitrogens with one attached hydrogen (secondary N) is 3. The number of fused-ring (bicyclic) bond motifs is 1. The predicted octanol–water partition coefficient (Wildman–Crippen LogP) is 5.54.